The number of aliphatic hydroxyl groups is 4. The van der Waals surface area contributed by atoms with Crippen molar-refractivity contribution in [2.75, 3.05) is 14.2 Å². The first-order chi connectivity index (χ1) is 22.7. The maximum Gasteiger partial charge on any atom is 0.286 e. The molecule has 0 aromatic rings. The Labute approximate surface area is 292 Å². The van der Waals surface area contributed by atoms with E-state index in [2.05, 4.69) is 12.2 Å². The molecule has 5 saturated heterocycles. The van der Waals surface area contributed by atoms with Gasteiger partial charge in [0.1, 0.15) is 17.8 Å². The number of likely N-dealkylation sites (N-methyl/N-ethyl adjacent to an activating group) is 1. The van der Waals surface area contributed by atoms with Crippen molar-refractivity contribution in [2.24, 2.45) is 23.7 Å². The third-order valence-electron chi connectivity index (χ3n) is 12.6. The normalized spacial score (nSPS) is 57.1. The first-order valence-corrected chi connectivity index (χ1v) is 18.4. The molecule has 0 radical (unpaired) electrons. The van der Waals surface area contributed by atoms with Crippen molar-refractivity contribution in [1.29, 1.82) is 0 Å². The molecule has 5 N–H and O–H groups in total. The van der Waals surface area contributed by atoms with Crippen LogP contribution in [0.3, 0.4) is 0 Å². The van der Waals surface area contributed by atoms with Crippen LogP contribution in [0.25, 0.3) is 0 Å². The molecule has 49 heavy (non-hydrogen) atoms. The van der Waals surface area contributed by atoms with Gasteiger partial charge in [0.25, 0.3) is 5.97 Å². The van der Waals surface area contributed by atoms with Crippen molar-refractivity contribution in [3.8, 4) is 0 Å². The number of fused-ring (bicyclic) bond motifs is 4. The third kappa shape index (κ3) is 7.12. The maximum atomic E-state index is 12.5. The van der Waals surface area contributed by atoms with Gasteiger partial charge in [-0.25, -0.2) is 0 Å². The van der Waals surface area contributed by atoms with Crippen LogP contribution in [-0.4, -0.2) is 131 Å². The first-order valence-electron chi connectivity index (χ1n) is 18.4. The van der Waals surface area contributed by atoms with Gasteiger partial charge >= 0.3 is 0 Å². The van der Waals surface area contributed by atoms with E-state index in [1.807, 2.05) is 48.6 Å². The highest BCUT2D eigenvalue weighted by molar-refractivity contribution is 5.07. The molecule has 286 valence electrons. The Morgan fingerprint density at radius 3 is 2.16 bits per heavy atom. The fourth-order valence-corrected chi connectivity index (χ4v) is 9.67. The lowest BCUT2D eigenvalue weighted by atomic mass is 9.74. The molecule has 5 rings (SSSR count). The summed E-state index contributed by atoms with van der Waals surface area (Å²) in [6.45, 7) is 19.1. The van der Waals surface area contributed by atoms with Gasteiger partial charge in [-0.2, -0.15) is 0 Å². The van der Waals surface area contributed by atoms with Crippen LogP contribution in [0, 0.1) is 23.7 Å². The number of hydrogen-bond donors (Lipinski definition) is 5. The Morgan fingerprint density at radius 2 is 1.55 bits per heavy atom. The van der Waals surface area contributed by atoms with Gasteiger partial charge < -0.3 is 63.6 Å². The Kier molecular flexibility index (Phi) is 11.6. The van der Waals surface area contributed by atoms with E-state index in [9.17, 15) is 20.4 Å². The van der Waals surface area contributed by atoms with Gasteiger partial charge in [0, 0.05) is 31.4 Å². The number of nitrogens with one attached hydrogen (secondary N) is 1. The zero-order valence-electron chi connectivity index (χ0n) is 31.6. The van der Waals surface area contributed by atoms with Gasteiger partial charge in [-0.1, -0.05) is 34.6 Å². The van der Waals surface area contributed by atoms with E-state index in [0.717, 1.165) is 0 Å². The second kappa shape index (κ2) is 14.4. The van der Waals surface area contributed by atoms with Crippen molar-refractivity contribution in [3.63, 3.8) is 0 Å². The van der Waals surface area contributed by atoms with E-state index in [-0.39, 0.29) is 36.5 Å². The predicted octanol–water partition coefficient (Wildman–Crippen LogP) is 2.44. The molecule has 7 unspecified atom stereocenters. The van der Waals surface area contributed by atoms with E-state index in [1.165, 1.54) is 0 Å². The lowest BCUT2D eigenvalue weighted by molar-refractivity contribution is -0.481. The lowest BCUT2D eigenvalue weighted by Crippen LogP contribution is -2.69. The summed E-state index contributed by atoms with van der Waals surface area (Å²) < 4.78 is 52.0. The average Bonchev–Trinajstić information content (AvgIpc) is 3.36. The largest absolute Gasteiger partial charge is 0.387 e. The quantitative estimate of drug-likeness (QED) is 0.263. The Balaban J connectivity index is 1.62. The van der Waals surface area contributed by atoms with E-state index in [1.54, 1.807) is 27.9 Å². The summed E-state index contributed by atoms with van der Waals surface area (Å²) >= 11 is 0. The highest BCUT2D eigenvalue weighted by Gasteiger charge is 2.64. The molecular formula is C36H65NO12. The summed E-state index contributed by atoms with van der Waals surface area (Å²) in [4.78, 5) is 0. The molecule has 0 saturated carbocycles. The fourth-order valence-electron chi connectivity index (χ4n) is 9.67. The molecule has 5 heterocycles. The maximum absolute atomic E-state index is 12.5. The van der Waals surface area contributed by atoms with Crippen molar-refractivity contribution < 1.29 is 58.3 Å². The minimum absolute atomic E-state index is 0.0255. The van der Waals surface area contributed by atoms with Gasteiger partial charge in [-0.3, -0.25) is 0 Å². The summed E-state index contributed by atoms with van der Waals surface area (Å²) in [6, 6.07) is -0.244. The monoisotopic (exact) mass is 703 g/mol. The highest BCUT2D eigenvalue weighted by Crippen LogP contribution is 2.52. The van der Waals surface area contributed by atoms with Crippen LogP contribution >= 0.6 is 0 Å². The molecule has 5 aliphatic heterocycles. The van der Waals surface area contributed by atoms with Gasteiger partial charge in [0.2, 0.25) is 0 Å². The molecule has 0 aromatic carbocycles. The lowest BCUT2D eigenvalue weighted by Gasteiger charge is -2.55. The fraction of sp³-hybridized carbons (Fsp3) is 1.00. The molecular weight excluding hydrogens is 638 g/mol. The van der Waals surface area contributed by atoms with E-state index in [4.69, 9.17) is 37.9 Å². The molecule has 0 aromatic heterocycles. The number of aliphatic hydroxyl groups excluding tert-OH is 2. The molecule has 5 aliphatic rings. The average molecular weight is 704 g/mol. The Morgan fingerprint density at radius 1 is 0.878 bits per heavy atom. The van der Waals surface area contributed by atoms with Crippen LogP contribution in [0.2, 0.25) is 0 Å². The molecule has 5 fully saturated rings. The molecule has 4 bridgehead atoms. The van der Waals surface area contributed by atoms with Crippen LogP contribution in [-0.2, 0) is 37.9 Å². The minimum atomic E-state index is -2.17. The van der Waals surface area contributed by atoms with Crippen LogP contribution < -0.4 is 5.32 Å². The molecule has 13 heteroatoms. The van der Waals surface area contributed by atoms with Gasteiger partial charge in [0.15, 0.2) is 12.6 Å². The number of rotatable bonds is 7. The van der Waals surface area contributed by atoms with E-state index in [0.29, 0.717) is 19.3 Å². The molecule has 13 nitrogen and oxygen atoms in total. The van der Waals surface area contributed by atoms with Crippen molar-refractivity contribution in [1.82, 2.24) is 5.32 Å². The van der Waals surface area contributed by atoms with Crippen molar-refractivity contribution >= 4 is 0 Å². The van der Waals surface area contributed by atoms with Gasteiger partial charge in [0.05, 0.1) is 59.8 Å². The molecule has 0 spiro atoms. The summed E-state index contributed by atoms with van der Waals surface area (Å²) in [5.74, 6) is -3.88. The minimum Gasteiger partial charge on any atom is -0.387 e. The topological polar surface area (TPSA) is 167 Å². The Bertz CT molecular complexity index is 1130. The van der Waals surface area contributed by atoms with E-state index >= 15 is 0 Å². The third-order valence-corrected chi connectivity index (χ3v) is 12.6. The predicted molar refractivity (Wildman–Crippen MR) is 178 cm³/mol. The first kappa shape index (κ1) is 39.7. The summed E-state index contributed by atoms with van der Waals surface area (Å²) in [5.41, 5.74) is -3.29. The van der Waals surface area contributed by atoms with Crippen LogP contribution in [0.5, 0.6) is 0 Å². The molecule has 0 aliphatic carbocycles. The number of hydrogen-bond acceptors (Lipinski definition) is 13. The highest BCUT2D eigenvalue weighted by atomic mass is 16.8. The summed E-state index contributed by atoms with van der Waals surface area (Å²) in [6.07, 6.45) is -6.11. The van der Waals surface area contributed by atoms with E-state index < -0.39 is 89.9 Å². The second-order valence-corrected chi connectivity index (χ2v) is 16.5. The summed E-state index contributed by atoms with van der Waals surface area (Å²) in [5, 5.41) is 50.0. The smallest absolute Gasteiger partial charge is 0.286 e. The van der Waals surface area contributed by atoms with Crippen LogP contribution in [0.15, 0.2) is 0 Å². The number of ether oxygens (including phenoxy) is 8. The standard InChI is InChI=1S/C36H65NO12/c1-13-24-35(10,40)31-19(4)27-17(2)15-34(9,48-27)30(46-32-26(38)23(37-11)14-18(3)43-32)20(5)28(21(6)36(41,47-24)49-31)45-25-16-33(8,42-12)29(39)22(7)44-25/h17-32,37-41H,13-16H2,1-12H3/t17-,18?,19-,20-,21+,22?,23?,24+,25-,26?,27?,28-,29-,30+,31+,32-,33?,34?,35+,36-/m0/s1. The van der Waals surface area contributed by atoms with Crippen LogP contribution in [0.1, 0.15) is 94.9 Å². The molecule has 20 atom stereocenters. The van der Waals surface area contributed by atoms with Crippen molar-refractivity contribution in [3.05, 3.63) is 0 Å². The Hall–Kier alpha value is -0.520. The number of methoxy groups -OCH3 is 1. The van der Waals surface area contributed by atoms with Gasteiger partial charge in [-0.05, 0) is 66.8 Å². The second-order valence-electron chi connectivity index (χ2n) is 16.5. The zero-order valence-corrected chi connectivity index (χ0v) is 31.6. The van der Waals surface area contributed by atoms with Crippen molar-refractivity contribution in [2.45, 2.75) is 191 Å². The zero-order chi connectivity index (χ0) is 36.4. The van der Waals surface area contributed by atoms with Gasteiger partial charge in [-0.15, -0.1) is 0 Å². The van der Waals surface area contributed by atoms with Crippen LogP contribution in [0.4, 0.5) is 0 Å². The SMILES string of the molecule is CC[C@H]1O[C@]2(O)O[C@H]([C@@H](C)C3OC(C)(C[C@@H]3C)[C@H](O[C@@H]3OC(C)CC(NC)C3O)[C@@H](C)[C@H](O[C@H]3CC(C)(OC)[C@@H](O)C(C)O3)[C@H]2C)[C@]1(C)O. The summed E-state index contributed by atoms with van der Waals surface area (Å²) in [7, 11) is 3.36. The molecule has 0 amide bonds.